The van der Waals surface area contributed by atoms with Crippen molar-refractivity contribution in [1.82, 2.24) is 45.4 Å². The number of likely N-dealkylation sites (tertiary alicyclic amines) is 2. The first kappa shape index (κ1) is 60.5. The molecule has 5 atom stereocenters. The highest BCUT2D eigenvalue weighted by Gasteiger charge is 2.56. The molecule has 0 spiro atoms. The summed E-state index contributed by atoms with van der Waals surface area (Å²) in [6, 6.07) is 27.8. The summed E-state index contributed by atoms with van der Waals surface area (Å²) in [6.45, 7) is 24.2. The predicted octanol–water partition coefficient (Wildman–Crippen LogP) is 10.9. The Kier molecular flexibility index (Phi) is 18.2. The molecule has 4 aromatic carbocycles. The van der Waals surface area contributed by atoms with E-state index in [1.54, 1.807) is 16.2 Å². The number of benzene rings is 4. The zero-order valence-corrected chi connectivity index (χ0v) is 51.6. The lowest BCUT2D eigenvalue weighted by molar-refractivity contribution is -0.147. The van der Waals surface area contributed by atoms with Gasteiger partial charge in [0.15, 0.2) is 0 Å². The summed E-state index contributed by atoms with van der Waals surface area (Å²) < 4.78 is 6.40. The topological polar surface area (TPSA) is 160 Å². The second-order valence-corrected chi connectivity index (χ2v) is 26.9. The number of aryl methyl sites for hydroxylation is 1. The minimum Gasteiger partial charge on any atom is -0.493 e. The molecule has 4 unspecified atom stereocenters. The third kappa shape index (κ3) is 12.9. The highest BCUT2D eigenvalue weighted by Crippen LogP contribution is 2.53. The van der Waals surface area contributed by atoms with Crippen molar-refractivity contribution in [3.63, 3.8) is 0 Å². The van der Waals surface area contributed by atoms with Crippen LogP contribution in [0.3, 0.4) is 0 Å². The molecule has 1 aromatic heterocycles. The Morgan fingerprint density at radius 1 is 0.817 bits per heavy atom. The molecule has 9 rings (SSSR count). The number of nitrogens with zero attached hydrogens (tertiary/aromatic N) is 6. The van der Waals surface area contributed by atoms with Crippen LogP contribution in [0, 0.1) is 17.8 Å². The van der Waals surface area contributed by atoms with E-state index < -0.39 is 34.6 Å². The van der Waals surface area contributed by atoms with Crippen LogP contribution in [0.2, 0.25) is 10.0 Å². The van der Waals surface area contributed by atoms with Gasteiger partial charge in [0.2, 0.25) is 23.6 Å². The molecular formula is C64H81Cl2N9O6S. The number of amides is 6. The highest BCUT2D eigenvalue weighted by atomic mass is 35.5. The average molecular weight is 1180 g/mol. The predicted molar refractivity (Wildman–Crippen MR) is 325 cm³/mol. The van der Waals surface area contributed by atoms with Gasteiger partial charge in [0.1, 0.15) is 24.0 Å². The van der Waals surface area contributed by atoms with Gasteiger partial charge in [-0.15, -0.1) is 11.3 Å². The van der Waals surface area contributed by atoms with Crippen LogP contribution in [-0.4, -0.2) is 130 Å². The molecule has 18 heteroatoms. The fourth-order valence-electron chi connectivity index (χ4n) is 12.1. The molecule has 4 aliphatic rings. The van der Waals surface area contributed by atoms with E-state index in [-0.39, 0.29) is 47.7 Å². The van der Waals surface area contributed by atoms with Crippen LogP contribution >= 0.6 is 34.5 Å². The molecule has 82 heavy (non-hydrogen) atoms. The Labute approximate surface area is 498 Å². The van der Waals surface area contributed by atoms with Crippen molar-refractivity contribution in [2.45, 2.75) is 137 Å². The Bertz CT molecular complexity index is 3110. The van der Waals surface area contributed by atoms with Crippen LogP contribution in [0.15, 0.2) is 96.5 Å². The quantitative estimate of drug-likeness (QED) is 0.0984. The molecule has 4 fully saturated rings. The molecule has 6 amide bonds. The number of nitrogens with one attached hydrogen (secondary N) is 3. The van der Waals surface area contributed by atoms with Gasteiger partial charge in [0.25, 0.3) is 0 Å². The van der Waals surface area contributed by atoms with Crippen LogP contribution in [0.1, 0.15) is 134 Å². The summed E-state index contributed by atoms with van der Waals surface area (Å²) in [5.74, 6) is -0.0337. The van der Waals surface area contributed by atoms with Crippen LogP contribution < -0.4 is 20.7 Å². The van der Waals surface area contributed by atoms with Crippen LogP contribution in [0.25, 0.3) is 10.4 Å². The van der Waals surface area contributed by atoms with E-state index >= 15 is 4.79 Å². The number of hydrogen-bond acceptors (Lipinski definition) is 10. The van der Waals surface area contributed by atoms with Gasteiger partial charge >= 0.3 is 6.03 Å². The van der Waals surface area contributed by atoms with Gasteiger partial charge in [-0.25, -0.2) is 9.78 Å². The third-order valence-electron chi connectivity index (χ3n) is 17.4. The largest absolute Gasteiger partial charge is 0.493 e. The zero-order valence-electron chi connectivity index (χ0n) is 49.2. The third-order valence-corrected chi connectivity index (χ3v) is 18.9. The first-order valence-electron chi connectivity index (χ1n) is 28.9. The minimum atomic E-state index is -0.936. The summed E-state index contributed by atoms with van der Waals surface area (Å²) in [7, 11) is 0. The number of thiazole rings is 1. The van der Waals surface area contributed by atoms with Gasteiger partial charge in [-0.1, -0.05) is 132 Å². The monoisotopic (exact) mass is 1170 g/mol. The number of carbonyl (C=O) groups excluding carboxylic acids is 5. The van der Waals surface area contributed by atoms with E-state index in [4.69, 9.17) is 27.9 Å². The summed E-state index contributed by atoms with van der Waals surface area (Å²) in [6.07, 6.45) is 1.47. The van der Waals surface area contributed by atoms with Crippen molar-refractivity contribution >= 4 is 64.2 Å². The van der Waals surface area contributed by atoms with Crippen molar-refractivity contribution in [3.8, 4) is 16.2 Å². The van der Waals surface area contributed by atoms with E-state index in [0.717, 1.165) is 44.0 Å². The summed E-state index contributed by atoms with van der Waals surface area (Å²) in [5, 5.41) is 11.3. The molecule has 4 saturated heterocycles. The van der Waals surface area contributed by atoms with Crippen molar-refractivity contribution in [2.75, 3.05) is 59.0 Å². The molecule has 0 bridgehead atoms. The molecule has 0 radical (unpaired) electrons. The second kappa shape index (κ2) is 24.7. The maximum Gasteiger partial charge on any atom is 0.322 e. The first-order valence-corrected chi connectivity index (χ1v) is 30.5. The highest BCUT2D eigenvalue weighted by molar-refractivity contribution is 7.13. The lowest BCUT2D eigenvalue weighted by Crippen LogP contribution is -2.60. The fourth-order valence-corrected chi connectivity index (χ4v) is 13.2. The number of carbonyl (C=O) groups is 5. The minimum absolute atomic E-state index is 0.0292. The van der Waals surface area contributed by atoms with Gasteiger partial charge in [-0.05, 0) is 115 Å². The maximum absolute atomic E-state index is 15.6. The number of hydrogen-bond donors (Lipinski definition) is 3. The Balaban J connectivity index is 0.828. The van der Waals surface area contributed by atoms with Gasteiger partial charge in [0, 0.05) is 73.4 Å². The zero-order chi connectivity index (χ0) is 58.9. The second-order valence-electron chi connectivity index (χ2n) is 25.1. The normalized spacial score (nSPS) is 21.8. The SMILES string of the molecule is CCOc1cc(C(C)(C)C)ccc1C1NC(c2ccc(Cl)cc2)[C@@](C)(c2ccc(Cl)cc2)N1C(=O)N1CCN(CC(=O)N2CCC(C)(C(=O)NC(C(=O)N3CCCC3C(=O)NCc3ccc(-c4scnc4C)cc3)C(C)(C)C)CC2)CC1. The fraction of sp³-hybridized carbons (Fsp3) is 0.500. The molecule has 15 nitrogen and oxygen atoms in total. The van der Waals surface area contributed by atoms with E-state index in [1.165, 1.54) is 0 Å². The number of urea groups is 1. The van der Waals surface area contributed by atoms with Crippen molar-refractivity contribution < 1.29 is 28.7 Å². The van der Waals surface area contributed by atoms with E-state index in [1.807, 2.05) is 135 Å². The number of piperidine rings is 1. The first-order chi connectivity index (χ1) is 38.9. The Morgan fingerprint density at radius 2 is 1.46 bits per heavy atom. The van der Waals surface area contributed by atoms with E-state index in [9.17, 15) is 19.2 Å². The van der Waals surface area contributed by atoms with E-state index in [2.05, 4.69) is 71.7 Å². The molecule has 438 valence electrons. The molecular weight excluding hydrogens is 1090 g/mol. The van der Waals surface area contributed by atoms with Crippen molar-refractivity contribution in [2.24, 2.45) is 10.8 Å². The number of piperazine rings is 1. The van der Waals surface area contributed by atoms with Gasteiger partial charge in [0.05, 0.1) is 40.8 Å². The summed E-state index contributed by atoms with van der Waals surface area (Å²) in [4.78, 5) is 87.2. The van der Waals surface area contributed by atoms with E-state index in [0.29, 0.717) is 100 Å². The van der Waals surface area contributed by atoms with Gasteiger partial charge in [-0.2, -0.15) is 0 Å². The van der Waals surface area contributed by atoms with Crippen molar-refractivity contribution in [1.29, 1.82) is 0 Å². The molecule has 3 N–H and O–H groups in total. The number of ether oxygens (including phenoxy) is 1. The molecule has 0 saturated carbocycles. The molecule has 5 aromatic rings. The summed E-state index contributed by atoms with van der Waals surface area (Å²) in [5.41, 5.74) is 6.12. The number of aromatic nitrogens is 1. The van der Waals surface area contributed by atoms with Crippen LogP contribution in [-0.2, 0) is 36.7 Å². The van der Waals surface area contributed by atoms with Gasteiger partial charge < -0.3 is 30.1 Å². The van der Waals surface area contributed by atoms with Crippen LogP contribution in [0.4, 0.5) is 4.79 Å². The number of halogens is 2. The van der Waals surface area contributed by atoms with Crippen LogP contribution in [0.5, 0.6) is 5.75 Å². The number of rotatable bonds is 14. The lowest BCUT2D eigenvalue weighted by Gasteiger charge is -2.45. The van der Waals surface area contributed by atoms with Gasteiger partial charge in [-0.3, -0.25) is 34.3 Å². The molecule has 4 aliphatic heterocycles. The summed E-state index contributed by atoms with van der Waals surface area (Å²) >= 11 is 14.6. The maximum atomic E-state index is 15.6. The smallest absolute Gasteiger partial charge is 0.322 e. The molecule has 5 heterocycles. The Morgan fingerprint density at radius 3 is 2.06 bits per heavy atom. The molecule has 0 aliphatic carbocycles. The Hall–Kier alpha value is -6.04. The lowest BCUT2D eigenvalue weighted by atomic mass is 9.78. The standard InChI is InChI=1S/C64H81Cl2N9O6S/c1-11-81-51-37-46(61(3,4)5)22-27-49(51)56-69-54(44-18-23-47(65)24-19-44)64(10,45-20-25-48(66)26-21-45)75(56)60(80)73-35-33-71(34-36-73)39-52(76)72-31-28-63(9,29-32-72)59(79)70-55(62(6,7)8)58(78)74-30-12-13-50(74)57(77)67-38-42-14-16-43(17-15-42)53-41(2)68-40-82-53/h14-27,37,40,50,54-56,69H,11-13,28-36,38-39H2,1-10H3,(H,67,77)(H,70,79)/t50?,54?,55?,56?,64-/m1/s1. The average Bonchev–Trinajstić information content (AvgIpc) is 4.15. The van der Waals surface area contributed by atoms with Crippen molar-refractivity contribution in [3.05, 3.63) is 140 Å².